The number of unbranched alkanes of at least 4 members (excludes halogenated alkanes) is 1. The van der Waals surface area contributed by atoms with Gasteiger partial charge >= 0.3 is 0 Å². The monoisotopic (exact) mass is 390 g/mol. The topological polar surface area (TPSA) is 20.2 Å². The number of aliphatic hydroxyl groups excluding tert-OH is 1. The Morgan fingerprint density at radius 3 is 2.39 bits per heavy atom. The van der Waals surface area contributed by atoms with Crippen molar-refractivity contribution in [1.82, 2.24) is 0 Å². The van der Waals surface area contributed by atoms with Gasteiger partial charge in [-0.25, -0.2) is 0 Å². The van der Waals surface area contributed by atoms with Gasteiger partial charge in [-0.3, -0.25) is 0 Å². The summed E-state index contributed by atoms with van der Waals surface area (Å²) in [6, 6.07) is 0. The van der Waals surface area contributed by atoms with E-state index >= 15 is 0 Å². The molecular formula is C27H50O. The van der Waals surface area contributed by atoms with Gasteiger partial charge < -0.3 is 5.11 Å². The van der Waals surface area contributed by atoms with Crippen molar-refractivity contribution in [1.29, 1.82) is 0 Å². The van der Waals surface area contributed by atoms with Crippen LogP contribution < -0.4 is 0 Å². The summed E-state index contributed by atoms with van der Waals surface area (Å²) >= 11 is 0. The fourth-order valence-corrected chi connectivity index (χ4v) is 6.53. The normalized spacial score (nSPS) is 33.6. The molecule has 2 rings (SSSR count). The van der Waals surface area contributed by atoms with Gasteiger partial charge in [0.05, 0.1) is 6.10 Å². The lowest BCUT2D eigenvalue weighted by molar-refractivity contribution is 0.0622. The molecular weight excluding hydrogens is 340 g/mol. The SMILES string of the molecule is CCCCC(CC)C1CC(C2=CCC([C@H](O)CC)CC2)C[C@@H](CC(C)C)C1C. The van der Waals surface area contributed by atoms with Crippen molar-refractivity contribution >= 4 is 0 Å². The zero-order valence-corrected chi connectivity index (χ0v) is 19.9. The average Bonchev–Trinajstić information content (AvgIpc) is 2.70. The van der Waals surface area contributed by atoms with Crippen LogP contribution in [0.25, 0.3) is 0 Å². The molecule has 0 aromatic carbocycles. The van der Waals surface area contributed by atoms with Crippen molar-refractivity contribution in [2.75, 3.05) is 0 Å². The van der Waals surface area contributed by atoms with Gasteiger partial charge in [0.2, 0.25) is 0 Å². The molecule has 0 aromatic rings. The second-order valence-electron chi connectivity index (χ2n) is 10.7. The zero-order valence-electron chi connectivity index (χ0n) is 19.9. The van der Waals surface area contributed by atoms with E-state index in [9.17, 15) is 5.11 Å². The largest absolute Gasteiger partial charge is 0.393 e. The van der Waals surface area contributed by atoms with Crippen molar-refractivity contribution in [3.63, 3.8) is 0 Å². The van der Waals surface area contributed by atoms with Crippen molar-refractivity contribution in [2.24, 2.45) is 41.4 Å². The summed E-state index contributed by atoms with van der Waals surface area (Å²) < 4.78 is 0. The third-order valence-corrected chi connectivity index (χ3v) is 8.37. The van der Waals surface area contributed by atoms with Crippen LogP contribution in [-0.4, -0.2) is 11.2 Å². The molecule has 0 aromatic heterocycles. The highest BCUT2D eigenvalue weighted by atomic mass is 16.3. The third kappa shape index (κ3) is 6.35. The first-order valence-corrected chi connectivity index (χ1v) is 12.8. The fourth-order valence-electron chi connectivity index (χ4n) is 6.53. The number of allylic oxidation sites excluding steroid dienone is 2. The van der Waals surface area contributed by atoms with E-state index in [-0.39, 0.29) is 6.10 Å². The lowest BCUT2D eigenvalue weighted by Gasteiger charge is -2.46. The Labute approximate surface area is 176 Å². The molecule has 1 nitrogen and oxygen atoms in total. The molecule has 0 spiro atoms. The van der Waals surface area contributed by atoms with E-state index in [1.165, 1.54) is 57.8 Å². The Kier molecular flexibility index (Phi) is 10.1. The molecule has 2 aliphatic rings. The molecule has 0 radical (unpaired) electrons. The Morgan fingerprint density at radius 2 is 1.86 bits per heavy atom. The number of aliphatic hydroxyl groups is 1. The summed E-state index contributed by atoms with van der Waals surface area (Å²) in [5.74, 6) is 5.77. The van der Waals surface area contributed by atoms with Gasteiger partial charge in [-0.05, 0) is 86.4 Å². The minimum Gasteiger partial charge on any atom is -0.393 e. The molecule has 1 fully saturated rings. The van der Waals surface area contributed by atoms with Crippen LogP contribution in [0.1, 0.15) is 112 Å². The quantitative estimate of drug-likeness (QED) is 0.374. The standard InChI is InChI=1S/C27H50O/c1-7-10-11-21(8-2)26-18-25(17-24(20(26)6)16-19(4)5)22-12-14-23(15-13-22)27(28)9-3/h12,19-21,23-28H,7-11,13-18H2,1-6H3/t20?,21?,23?,24-,25?,26?,27-/m1/s1. The second kappa shape index (κ2) is 11.8. The van der Waals surface area contributed by atoms with Gasteiger partial charge in [-0.15, -0.1) is 0 Å². The lowest BCUT2D eigenvalue weighted by Crippen LogP contribution is -2.37. The number of rotatable bonds is 10. The van der Waals surface area contributed by atoms with E-state index in [2.05, 4.69) is 47.6 Å². The molecule has 1 heteroatoms. The Balaban J connectivity index is 2.14. The first kappa shape index (κ1) is 24.0. The Morgan fingerprint density at radius 1 is 1.11 bits per heavy atom. The van der Waals surface area contributed by atoms with Crippen LogP contribution in [-0.2, 0) is 0 Å². The number of hydrogen-bond donors (Lipinski definition) is 1. The summed E-state index contributed by atoms with van der Waals surface area (Å²) in [5.41, 5.74) is 1.76. The van der Waals surface area contributed by atoms with E-state index in [4.69, 9.17) is 0 Å². The molecule has 7 atom stereocenters. The fraction of sp³-hybridized carbons (Fsp3) is 0.926. The van der Waals surface area contributed by atoms with Gasteiger partial charge in [-0.1, -0.05) is 78.9 Å². The first-order chi connectivity index (χ1) is 13.4. The highest BCUT2D eigenvalue weighted by Gasteiger charge is 2.39. The highest BCUT2D eigenvalue weighted by molar-refractivity contribution is 5.13. The van der Waals surface area contributed by atoms with Crippen LogP contribution in [0.3, 0.4) is 0 Å². The minimum atomic E-state index is -0.0934. The van der Waals surface area contributed by atoms with Crippen LogP contribution in [0.5, 0.6) is 0 Å². The molecule has 0 bridgehead atoms. The highest BCUT2D eigenvalue weighted by Crippen LogP contribution is 2.49. The summed E-state index contributed by atoms with van der Waals surface area (Å²) in [5, 5.41) is 10.3. The van der Waals surface area contributed by atoms with E-state index in [0.29, 0.717) is 5.92 Å². The molecule has 164 valence electrons. The van der Waals surface area contributed by atoms with Crippen molar-refractivity contribution < 1.29 is 5.11 Å². The maximum Gasteiger partial charge on any atom is 0.0568 e. The first-order valence-electron chi connectivity index (χ1n) is 12.8. The summed E-state index contributed by atoms with van der Waals surface area (Å²) in [7, 11) is 0. The van der Waals surface area contributed by atoms with Gasteiger partial charge in [0.15, 0.2) is 0 Å². The van der Waals surface area contributed by atoms with Crippen molar-refractivity contribution in [3.8, 4) is 0 Å². The molecule has 2 aliphatic carbocycles. The summed E-state index contributed by atoms with van der Waals surface area (Å²) in [4.78, 5) is 0. The predicted octanol–water partition coefficient (Wildman–Crippen LogP) is 8.02. The van der Waals surface area contributed by atoms with E-state index in [0.717, 1.165) is 48.3 Å². The molecule has 1 N–H and O–H groups in total. The molecule has 1 saturated carbocycles. The van der Waals surface area contributed by atoms with E-state index < -0.39 is 0 Å². The minimum absolute atomic E-state index is 0.0934. The smallest absolute Gasteiger partial charge is 0.0568 e. The van der Waals surface area contributed by atoms with Crippen molar-refractivity contribution in [2.45, 2.75) is 118 Å². The molecule has 0 aliphatic heterocycles. The maximum atomic E-state index is 10.3. The lowest BCUT2D eigenvalue weighted by atomic mass is 9.59. The van der Waals surface area contributed by atoms with E-state index in [1.807, 2.05) is 0 Å². The summed E-state index contributed by atoms with van der Waals surface area (Å²) in [6.45, 7) is 14.3. The van der Waals surface area contributed by atoms with Crippen LogP contribution in [0.4, 0.5) is 0 Å². The molecule has 5 unspecified atom stereocenters. The zero-order chi connectivity index (χ0) is 20.7. The Hall–Kier alpha value is -0.300. The third-order valence-electron chi connectivity index (χ3n) is 8.37. The Bertz CT molecular complexity index is 465. The van der Waals surface area contributed by atoms with Crippen LogP contribution in [0.2, 0.25) is 0 Å². The van der Waals surface area contributed by atoms with Gasteiger partial charge in [-0.2, -0.15) is 0 Å². The predicted molar refractivity (Wildman–Crippen MR) is 123 cm³/mol. The summed E-state index contributed by atoms with van der Waals surface area (Å²) in [6.07, 6.45) is 16.7. The van der Waals surface area contributed by atoms with Crippen LogP contribution in [0, 0.1) is 41.4 Å². The molecule has 0 saturated heterocycles. The van der Waals surface area contributed by atoms with Crippen LogP contribution >= 0.6 is 0 Å². The molecule has 28 heavy (non-hydrogen) atoms. The van der Waals surface area contributed by atoms with Gasteiger partial charge in [0.25, 0.3) is 0 Å². The maximum absolute atomic E-state index is 10.3. The number of hydrogen-bond acceptors (Lipinski definition) is 1. The second-order valence-corrected chi connectivity index (χ2v) is 10.7. The van der Waals surface area contributed by atoms with E-state index in [1.54, 1.807) is 5.57 Å². The molecule has 0 heterocycles. The van der Waals surface area contributed by atoms with Gasteiger partial charge in [0.1, 0.15) is 0 Å². The average molecular weight is 391 g/mol. The molecule has 0 amide bonds. The van der Waals surface area contributed by atoms with Crippen LogP contribution in [0.15, 0.2) is 11.6 Å². The van der Waals surface area contributed by atoms with Gasteiger partial charge in [0, 0.05) is 0 Å². The van der Waals surface area contributed by atoms with Crippen molar-refractivity contribution in [3.05, 3.63) is 11.6 Å².